The Bertz CT molecular complexity index is 1320. The van der Waals surface area contributed by atoms with Crippen LogP contribution in [-0.2, 0) is 80.9 Å². The van der Waals surface area contributed by atoms with Crippen molar-refractivity contribution in [3.8, 4) is 0 Å². The first kappa shape index (κ1) is 72.3. The van der Waals surface area contributed by atoms with E-state index in [2.05, 4.69) is 11.1 Å². The van der Waals surface area contributed by atoms with Crippen molar-refractivity contribution >= 4 is 10.4 Å². The van der Waals surface area contributed by atoms with E-state index in [0.29, 0.717) is 79.3 Å². The summed E-state index contributed by atoms with van der Waals surface area (Å²) in [6, 6.07) is 0. The topological polar surface area (TPSA) is 193 Å². The molecule has 0 saturated carbocycles. The van der Waals surface area contributed by atoms with Crippen LogP contribution < -0.4 is 0 Å². The van der Waals surface area contributed by atoms with E-state index < -0.39 is 16.5 Å². The fraction of sp³-hybridized carbons (Fsp3) is 1.00. The van der Waals surface area contributed by atoms with Crippen molar-refractivity contribution < 1.29 is 83.5 Å². The van der Waals surface area contributed by atoms with Crippen LogP contribution in [0.25, 0.3) is 0 Å². The quantitative estimate of drug-likeness (QED) is 0.0447. The number of unbranched alkanes of at least 4 members (excludes halogenated alkanes) is 9. The molecular formula is C54H110O18S. The van der Waals surface area contributed by atoms with Gasteiger partial charge >= 0.3 is 10.4 Å². The lowest BCUT2D eigenvalue weighted by Gasteiger charge is -2.23. The van der Waals surface area contributed by atoms with Crippen molar-refractivity contribution in [3.63, 3.8) is 0 Å². The third-order valence-corrected chi connectivity index (χ3v) is 11.9. The Labute approximate surface area is 445 Å². The highest BCUT2D eigenvalue weighted by molar-refractivity contribution is 7.80. The van der Waals surface area contributed by atoms with E-state index in [9.17, 15) is 8.42 Å². The smallest absolute Gasteiger partial charge is 0.379 e. The molecule has 0 bridgehead atoms. The monoisotopic (exact) mass is 1080 g/mol. The van der Waals surface area contributed by atoms with Crippen molar-refractivity contribution in [1.29, 1.82) is 0 Å². The maximum absolute atomic E-state index is 10.8. The normalized spacial score (nSPS) is 18.3. The Morgan fingerprint density at radius 1 is 0.274 bits per heavy atom. The van der Waals surface area contributed by atoms with Gasteiger partial charge in [-0.3, -0.25) is 4.55 Å². The molecule has 440 valence electrons. The Hall–Kier alpha value is -0.690. The second-order valence-electron chi connectivity index (χ2n) is 20.5. The molecule has 14 atom stereocenters. The Balaban J connectivity index is 3.94. The van der Waals surface area contributed by atoms with Crippen molar-refractivity contribution in [1.82, 2.24) is 0 Å². The Kier molecular flexibility index (Phi) is 45.8. The highest BCUT2D eigenvalue weighted by Crippen LogP contribution is 2.12. The molecule has 0 spiro atoms. The third-order valence-electron chi connectivity index (χ3n) is 11.3. The second-order valence-corrected chi connectivity index (χ2v) is 21.5. The molecule has 0 saturated heterocycles. The fourth-order valence-electron chi connectivity index (χ4n) is 6.70. The van der Waals surface area contributed by atoms with Gasteiger partial charge in [0.1, 0.15) is 0 Å². The van der Waals surface area contributed by atoms with Gasteiger partial charge in [0.2, 0.25) is 0 Å². The number of ether oxygens (including phenoxy) is 14. The molecule has 0 radical (unpaired) electrons. The lowest BCUT2D eigenvalue weighted by atomic mass is 10.1. The van der Waals surface area contributed by atoms with E-state index in [0.717, 1.165) is 13.0 Å². The van der Waals surface area contributed by atoms with Crippen LogP contribution in [0.15, 0.2) is 0 Å². The van der Waals surface area contributed by atoms with E-state index in [1.165, 1.54) is 64.7 Å². The molecule has 0 amide bonds. The molecule has 19 heteroatoms. The fourth-order valence-corrected chi connectivity index (χ4v) is 7.17. The number of hydrogen-bond donors (Lipinski definition) is 1. The summed E-state index contributed by atoms with van der Waals surface area (Å²) in [6.07, 6.45) is 10.9. The Morgan fingerprint density at radius 2 is 0.452 bits per heavy atom. The molecule has 0 aromatic carbocycles. The molecule has 0 aliphatic heterocycles. The minimum atomic E-state index is -4.52. The summed E-state index contributed by atoms with van der Waals surface area (Å²) < 4.78 is 118. The predicted octanol–water partition coefficient (Wildman–Crippen LogP) is 9.40. The summed E-state index contributed by atoms with van der Waals surface area (Å²) in [6.45, 7) is 35.7. The molecule has 0 aliphatic rings. The maximum atomic E-state index is 10.8. The molecule has 0 aromatic rings. The number of rotatable bonds is 54. The second kappa shape index (κ2) is 46.2. The van der Waals surface area contributed by atoms with Gasteiger partial charge in [-0.25, -0.2) is 4.18 Å². The van der Waals surface area contributed by atoms with Gasteiger partial charge in [0.15, 0.2) is 0 Å². The maximum Gasteiger partial charge on any atom is 0.397 e. The van der Waals surface area contributed by atoms with Gasteiger partial charge in [-0.2, -0.15) is 8.42 Å². The van der Waals surface area contributed by atoms with Crippen LogP contribution in [0.1, 0.15) is 168 Å². The SMILES string of the molecule is CCCCCCCCCCCCOCC(C)OCC(C)OCC(C)OCC(C)OCC(C)OCC(C)OCC(C)OCC(C)OCC(C)OCC(C)OCC(C)OCC(C)OCC(C)OCC(C)OS(=O)(=O)O. The Morgan fingerprint density at radius 3 is 0.658 bits per heavy atom. The summed E-state index contributed by atoms with van der Waals surface area (Å²) in [5.74, 6) is 0. The van der Waals surface area contributed by atoms with Crippen LogP contribution in [0.2, 0.25) is 0 Å². The first-order valence-corrected chi connectivity index (χ1v) is 29.2. The van der Waals surface area contributed by atoms with E-state index in [1.807, 2.05) is 83.1 Å². The number of hydrogen-bond acceptors (Lipinski definition) is 17. The van der Waals surface area contributed by atoms with E-state index in [4.69, 9.17) is 70.9 Å². The lowest BCUT2D eigenvalue weighted by molar-refractivity contribution is -0.115. The molecule has 18 nitrogen and oxygen atoms in total. The zero-order valence-corrected chi connectivity index (χ0v) is 49.4. The highest BCUT2D eigenvalue weighted by Gasteiger charge is 2.18. The van der Waals surface area contributed by atoms with Gasteiger partial charge in [0.05, 0.1) is 178 Å². The van der Waals surface area contributed by atoms with Crippen LogP contribution in [-0.4, -0.2) is 198 Å². The molecule has 0 heterocycles. The summed E-state index contributed by atoms with van der Waals surface area (Å²) in [4.78, 5) is 0. The standard InChI is InChI=1S/C54H110O18S/c1-16-17-18-19-20-21-22-23-24-25-26-58-27-41(2)59-28-42(3)60-29-43(4)61-30-44(5)62-31-45(6)63-32-46(7)64-33-47(8)65-34-48(9)66-35-49(10)67-36-50(11)68-37-51(12)69-38-52(13)70-39-53(14)71-40-54(15)72-73(55,56)57/h41-54H,16-40H2,1-15H3,(H,55,56,57). The van der Waals surface area contributed by atoms with Crippen molar-refractivity contribution in [2.45, 2.75) is 254 Å². The molecule has 73 heavy (non-hydrogen) atoms. The summed E-state index contributed by atoms with van der Waals surface area (Å²) in [7, 11) is -4.52. The van der Waals surface area contributed by atoms with Gasteiger partial charge < -0.3 is 66.3 Å². The van der Waals surface area contributed by atoms with Gasteiger partial charge in [-0.1, -0.05) is 64.7 Å². The predicted molar refractivity (Wildman–Crippen MR) is 285 cm³/mol. The molecule has 1 N–H and O–H groups in total. The summed E-state index contributed by atoms with van der Waals surface area (Å²) in [5.41, 5.74) is 0. The van der Waals surface area contributed by atoms with Gasteiger partial charge in [-0.05, 0) is 103 Å². The molecule has 0 aliphatic carbocycles. The van der Waals surface area contributed by atoms with Crippen molar-refractivity contribution in [2.75, 3.05) is 99.1 Å². The third kappa shape index (κ3) is 49.4. The first-order chi connectivity index (χ1) is 34.6. The van der Waals surface area contributed by atoms with Crippen LogP contribution in [0.4, 0.5) is 0 Å². The molecule has 14 unspecified atom stereocenters. The zero-order valence-electron chi connectivity index (χ0n) is 48.6. The van der Waals surface area contributed by atoms with Crippen LogP contribution in [0, 0.1) is 0 Å². The van der Waals surface area contributed by atoms with Gasteiger partial charge in [0.25, 0.3) is 0 Å². The largest absolute Gasteiger partial charge is 0.397 e. The summed E-state index contributed by atoms with van der Waals surface area (Å²) in [5, 5.41) is 0. The lowest BCUT2D eigenvalue weighted by Crippen LogP contribution is -2.31. The minimum Gasteiger partial charge on any atom is -0.379 e. The van der Waals surface area contributed by atoms with Gasteiger partial charge in [0, 0.05) is 6.61 Å². The summed E-state index contributed by atoms with van der Waals surface area (Å²) >= 11 is 0. The van der Waals surface area contributed by atoms with Crippen LogP contribution in [0.5, 0.6) is 0 Å². The highest BCUT2D eigenvalue weighted by atomic mass is 32.3. The van der Waals surface area contributed by atoms with Gasteiger partial charge in [-0.15, -0.1) is 0 Å². The molecular weight excluding hydrogens is 969 g/mol. The average molecular weight is 1080 g/mol. The van der Waals surface area contributed by atoms with Crippen LogP contribution >= 0.6 is 0 Å². The molecule has 0 aromatic heterocycles. The van der Waals surface area contributed by atoms with Crippen molar-refractivity contribution in [2.24, 2.45) is 0 Å². The zero-order chi connectivity index (χ0) is 54.9. The van der Waals surface area contributed by atoms with Crippen molar-refractivity contribution in [3.05, 3.63) is 0 Å². The average Bonchev–Trinajstić information content (AvgIpc) is 3.34. The first-order valence-electron chi connectivity index (χ1n) is 27.8. The van der Waals surface area contributed by atoms with E-state index >= 15 is 0 Å². The minimum absolute atomic E-state index is 0.0128. The molecule has 0 fully saturated rings. The van der Waals surface area contributed by atoms with Crippen LogP contribution in [0.3, 0.4) is 0 Å². The molecule has 0 rings (SSSR count). The van der Waals surface area contributed by atoms with E-state index in [-0.39, 0.29) is 92.6 Å². The van der Waals surface area contributed by atoms with E-state index in [1.54, 1.807) is 6.92 Å².